The van der Waals surface area contributed by atoms with Crippen molar-refractivity contribution in [3.63, 3.8) is 0 Å². The van der Waals surface area contributed by atoms with E-state index < -0.39 is 5.54 Å². The van der Waals surface area contributed by atoms with Gasteiger partial charge in [-0.15, -0.1) is 0 Å². The first-order valence-electron chi connectivity index (χ1n) is 5.29. The number of primary amides is 1. The van der Waals surface area contributed by atoms with Gasteiger partial charge in [-0.1, -0.05) is 19.3 Å². The number of amides is 1. The van der Waals surface area contributed by atoms with E-state index >= 15 is 0 Å². The van der Waals surface area contributed by atoms with E-state index in [1.165, 1.54) is 6.42 Å². The molecule has 0 aliphatic heterocycles. The van der Waals surface area contributed by atoms with E-state index in [4.69, 9.17) is 5.73 Å². The fourth-order valence-electron chi connectivity index (χ4n) is 1.76. The maximum absolute atomic E-state index is 11.4. The number of hydrogen-bond acceptors (Lipinski definition) is 3. The molecule has 0 radical (unpaired) electrons. The standard InChI is InChI=1S/C10H19N3O/c1-8(2)12-13-10(9(11)14)6-4-3-5-7-10/h8H,3-7H2,1-2H3,(H2,11,14). The van der Waals surface area contributed by atoms with Gasteiger partial charge in [0.15, 0.2) is 5.54 Å². The fraction of sp³-hybridized carbons (Fsp3) is 0.900. The van der Waals surface area contributed by atoms with Crippen LogP contribution in [0.25, 0.3) is 0 Å². The van der Waals surface area contributed by atoms with Gasteiger partial charge < -0.3 is 5.73 Å². The molecule has 1 amide bonds. The van der Waals surface area contributed by atoms with Crippen LogP contribution in [0.3, 0.4) is 0 Å². The Labute approximate surface area is 85.0 Å². The Balaban J connectivity index is 2.75. The molecule has 0 aromatic heterocycles. The molecule has 1 aliphatic carbocycles. The van der Waals surface area contributed by atoms with E-state index in [0.29, 0.717) is 0 Å². The molecule has 2 N–H and O–H groups in total. The van der Waals surface area contributed by atoms with Crippen molar-refractivity contribution in [2.75, 3.05) is 0 Å². The van der Waals surface area contributed by atoms with Crippen LogP contribution in [0.5, 0.6) is 0 Å². The molecule has 0 aromatic carbocycles. The van der Waals surface area contributed by atoms with Crippen LogP contribution in [0.15, 0.2) is 10.2 Å². The van der Waals surface area contributed by atoms with Crippen molar-refractivity contribution in [2.45, 2.75) is 57.5 Å². The van der Waals surface area contributed by atoms with Gasteiger partial charge in [-0.25, -0.2) is 0 Å². The summed E-state index contributed by atoms with van der Waals surface area (Å²) in [7, 11) is 0. The number of hydrogen-bond donors (Lipinski definition) is 1. The van der Waals surface area contributed by atoms with Crippen molar-refractivity contribution in [1.29, 1.82) is 0 Å². The Morgan fingerprint density at radius 2 is 1.86 bits per heavy atom. The van der Waals surface area contributed by atoms with Gasteiger partial charge in [-0.05, 0) is 26.7 Å². The van der Waals surface area contributed by atoms with E-state index in [-0.39, 0.29) is 11.9 Å². The Hall–Kier alpha value is -0.930. The number of carbonyl (C=O) groups excluding carboxylic acids is 1. The first-order valence-corrected chi connectivity index (χ1v) is 5.29. The number of nitrogens with two attached hydrogens (primary N) is 1. The minimum Gasteiger partial charge on any atom is -0.368 e. The summed E-state index contributed by atoms with van der Waals surface area (Å²) < 4.78 is 0. The summed E-state index contributed by atoms with van der Waals surface area (Å²) >= 11 is 0. The summed E-state index contributed by atoms with van der Waals surface area (Å²) in [6, 6.07) is 0.133. The van der Waals surface area contributed by atoms with Gasteiger partial charge in [-0.3, -0.25) is 4.79 Å². The quantitative estimate of drug-likeness (QED) is 0.691. The van der Waals surface area contributed by atoms with E-state index in [1.807, 2.05) is 13.8 Å². The molecule has 0 aromatic rings. The minimum atomic E-state index is -0.692. The largest absolute Gasteiger partial charge is 0.368 e. The molecule has 1 rings (SSSR count). The van der Waals surface area contributed by atoms with Gasteiger partial charge in [0, 0.05) is 0 Å². The predicted molar refractivity (Wildman–Crippen MR) is 55.0 cm³/mol. The summed E-state index contributed by atoms with van der Waals surface area (Å²) in [6.45, 7) is 3.89. The first kappa shape index (κ1) is 11.1. The third-order valence-electron chi connectivity index (χ3n) is 2.62. The minimum absolute atomic E-state index is 0.133. The molecule has 0 atom stereocenters. The number of azo groups is 1. The van der Waals surface area contributed by atoms with Crippen LogP contribution in [0.4, 0.5) is 0 Å². The second-order valence-corrected chi connectivity index (χ2v) is 4.27. The van der Waals surface area contributed by atoms with Crippen molar-refractivity contribution in [3.8, 4) is 0 Å². The fourth-order valence-corrected chi connectivity index (χ4v) is 1.76. The molecule has 1 saturated carbocycles. The monoisotopic (exact) mass is 197 g/mol. The van der Waals surface area contributed by atoms with Gasteiger partial charge in [-0.2, -0.15) is 10.2 Å². The third kappa shape index (κ3) is 2.53. The lowest BCUT2D eigenvalue weighted by Gasteiger charge is -2.29. The lowest BCUT2D eigenvalue weighted by molar-refractivity contribution is -0.124. The molecule has 0 saturated heterocycles. The zero-order chi connectivity index (χ0) is 10.6. The van der Waals surface area contributed by atoms with Gasteiger partial charge in [0.25, 0.3) is 0 Å². The van der Waals surface area contributed by atoms with Crippen molar-refractivity contribution < 1.29 is 4.79 Å². The van der Waals surface area contributed by atoms with Gasteiger partial charge in [0.1, 0.15) is 0 Å². The molecule has 0 unspecified atom stereocenters. The Kier molecular flexibility index (Phi) is 3.61. The molecule has 14 heavy (non-hydrogen) atoms. The summed E-state index contributed by atoms with van der Waals surface area (Å²) in [5, 5.41) is 8.23. The molecule has 0 bridgehead atoms. The highest BCUT2D eigenvalue weighted by Crippen LogP contribution is 2.31. The van der Waals surface area contributed by atoms with Gasteiger partial charge in [0.2, 0.25) is 5.91 Å². The summed E-state index contributed by atoms with van der Waals surface area (Å²) in [6.07, 6.45) is 4.75. The maximum Gasteiger partial charge on any atom is 0.247 e. The highest BCUT2D eigenvalue weighted by molar-refractivity contribution is 5.84. The predicted octanol–water partition coefficient (Wildman–Crippen LogP) is 2.04. The summed E-state index contributed by atoms with van der Waals surface area (Å²) in [5.41, 5.74) is 4.70. The maximum atomic E-state index is 11.4. The van der Waals surface area contributed by atoms with Crippen LogP contribution in [-0.2, 0) is 4.79 Å². The zero-order valence-corrected chi connectivity index (χ0v) is 8.99. The van der Waals surface area contributed by atoms with E-state index in [1.54, 1.807) is 0 Å². The second-order valence-electron chi connectivity index (χ2n) is 4.27. The van der Waals surface area contributed by atoms with E-state index in [0.717, 1.165) is 25.7 Å². The molecule has 1 aliphatic rings. The van der Waals surface area contributed by atoms with Crippen LogP contribution in [-0.4, -0.2) is 17.5 Å². The summed E-state index contributed by atoms with van der Waals surface area (Å²) in [5.74, 6) is -0.318. The summed E-state index contributed by atoms with van der Waals surface area (Å²) in [4.78, 5) is 11.4. The molecule has 1 fully saturated rings. The number of carbonyl (C=O) groups is 1. The lowest BCUT2D eigenvalue weighted by Crippen LogP contribution is -2.43. The Morgan fingerprint density at radius 3 is 2.29 bits per heavy atom. The molecule has 80 valence electrons. The highest BCUT2D eigenvalue weighted by atomic mass is 16.1. The lowest BCUT2D eigenvalue weighted by atomic mass is 9.82. The van der Waals surface area contributed by atoms with Crippen LogP contribution in [0, 0.1) is 0 Å². The number of rotatable bonds is 3. The van der Waals surface area contributed by atoms with Crippen LogP contribution < -0.4 is 5.73 Å². The van der Waals surface area contributed by atoms with Crippen LogP contribution in [0.1, 0.15) is 46.0 Å². The van der Waals surface area contributed by atoms with E-state index in [9.17, 15) is 4.79 Å². The van der Waals surface area contributed by atoms with E-state index in [2.05, 4.69) is 10.2 Å². The Morgan fingerprint density at radius 1 is 1.29 bits per heavy atom. The molecule has 4 heteroatoms. The number of nitrogens with zero attached hydrogens (tertiary/aromatic N) is 2. The third-order valence-corrected chi connectivity index (χ3v) is 2.62. The normalized spacial score (nSPS) is 21.6. The van der Waals surface area contributed by atoms with Gasteiger partial charge in [0.05, 0.1) is 6.04 Å². The van der Waals surface area contributed by atoms with Crippen molar-refractivity contribution >= 4 is 5.91 Å². The molecule has 4 nitrogen and oxygen atoms in total. The first-order chi connectivity index (χ1) is 6.57. The average molecular weight is 197 g/mol. The van der Waals surface area contributed by atoms with Crippen LogP contribution in [0.2, 0.25) is 0 Å². The molecule has 0 spiro atoms. The molecular weight excluding hydrogens is 178 g/mol. The zero-order valence-electron chi connectivity index (χ0n) is 8.99. The van der Waals surface area contributed by atoms with Crippen molar-refractivity contribution in [2.24, 2.45) is 16.0 Å². The Bertz CT molecular complexity index is 230. The van der Waals surface area contributed by atoms with Crippen molar-refractivity contribution in [1.82, 2.24) is 0 Å². The second kappa shape index (κ2) is 4.53. The van der Waals surface area contributed by atoms with Gasteiger partial charge >= 0.3 is 0 Å². The molecular formula is C10H19N3O. The topological polar surface area (TPSA) is 67.8 Å². The SMILES string of the molecule is CC(C)N=NC1(C(N)=O)CCCCC1. The highest BCUT2D eigenvalue weighted by Gasteiger charge is 2.38. The van der Waals surface area contributed by atoms with Crippen LogP contribution >= 0.6 is 0 Å². The smallest absolute Gasteiger partial charge is 0.247 e. The average Bonchev–Trinajstić information content (AvgIpc) is 2.16. The van der Waals surface area contributed by atoms with Crippen molar-refractivity contribution in [3.05, 3.63) is 0 Å². The molecule has 0 heterocycles.